The minimum atomic E-state index is -3.76. The van der Waals surface area contributed by atoms with Crippen molar-refractivity contribution in [1.82, 2.24) is 9.44 Å². The highest BCUT2D eigenvalue weighted by Gasteiger charge is 2.44. The van der Waals surface area contributed by atoms with Gasteiger partial charge in [0.25, 0.3) is 12.0 Å². The Bertz CT molecular complexity index is 1410. The van der Waals surface area contributed by atoms with Gasteiger partial charge >= 0.3 is 0 Å². The van der Waals surface area contributed by atoms with Gasteiger partial charge in [0.2, 0.25) is 10.0 Å². The van der Waals surface area contributed by atoms with Gasteiger partial charge in [0, 0.05) is 35.3 Å². The van der Waals surface area contributed by atoms with Gasteiger partial charge in [0.15, 0.2) is 0 Å². The average molecular weight is 591 g/mol. The number of hydrogen-bond acceptors (Lipinski definition) is 6. The van der Waals surface area contributed by atoms with Crippen LogP contribution in [0.2, 0.25) is 0 Å². The zero-order chi connectivity index (χ0) is 28.7. The van der Waals surface area contributed by atoms with Crippen molar-refractivity contribution in [2.24, 2.45) is 5.41 Å². The first kappa shape index (κ1) is 29.0. The lowest BCUT2D eigenvalue weighted by molar-refractivity contribution is 0.102. The molecule has 0 radical (unpaired) electrons. The number of anilines is 2. The molecule has 3 aliphatic rings. The topological polar surface area (TPSA) is 90.5 Å². The Labute approximate surface area is 239 Å². The standard InChI is InChI=1S/C29H36F2N4O3S2/c1-28(2,3)34-40(37,38)23-6-4-5-20(17-23)32-27(36)24-8-7-22(39-33-21-15-19(16-21)26(30)31)18-25(24)35-13-11-29(9-10-29)12-14-35/h4-8,17-18,21,33-34H,9-16H2,1-3H3,(H,32,36). The lowest BCUT2D eigenvalue weighted by atomic mass is 9.88. The van der Waals surface area contributed by atoms with Crippen LogP contribution in [0.5, 0.6) is 0 Å². The van der Waals surface area contributed by atoms with Crippen LogP contribution in [0.25, 0.3) is 0 Å². The van der Waals surface area contributed by atoms with Crippen LogP contribution < -0.4 is 19.7 Å². The molecule has 1 aliphatic heterocycles. The maximum absolute atomic E-state index is 13.5. The molecular formula is C29H36F2N4O3S2. The molecule has 2 aromatic rings. The third-order valence-corrected chi connectivity index (χ3v) is 10.5. The van der Waals surface area contributed by atoms with E-state index in [0.29, 0.717) is 29.5 Å². The Morgan fingerprint density at radius 2 is 1.73 bits per heavy atom. The van der Waals surface area contributed by atoms with Crippen LogP contribution >= 0.6 is 11.9 Å². The normalized spacial score (nSPS) is 20.3. The summed E-state index contributed by atoms with van der Waals surface area (Å²) in [6.07, 6.45) is 3.84. The summed E-state index contributed by atoms with van der Waals surface area (Å²) in [6.45, 7) is 7.03. The third kappa shape index (κ3) is 6.87. The second kappa shape index (κ2) is 11.1. The molecule has 2 saturated carbocycles. The zero-order valence-corrected chi connectivity index (χ0v) is 24.7. The molecule has 0 atom stereocenters. The second-order valence-electron chi connectivity index (χ2n) is 12.2. The summed E-state index contributed by atoms with van der Waals surface area (Å²) < 4.78 is 57.0. The Hall–Kier alpha value is -2.47. The molecular weight excluding hydrogens is 554 g/mol. The van der Waals surface area contributed by atoms with Crippen LogP contribution in [0.1, 0.15) is 69.7 Å². The van der Waals surface area contributed by atoms with Crippen molar-refractivity contribution in [2.75, 3.05) is 23.3 Å². The lowest BCUT2D eigenvalue weighted by Crippen LogP contribution is -2.40. The minimum Gasteiger partial charge on any atom is -0.371 e. The first-order valence-electron chi connectivity index (χ1n) is 13.6. The van der Waals surface area contributed by atoms with Crippen LogP contribution in [0.3, 0.4) is 0 Å². The number of halogens is 2. The van der Waals surface area contributed by atoms with E-state index in [0.717, 1.165) is 36.5 Å². The van der Waals surface area contributed by atoms with Crippen LogP contribution in [0.15, 0.2) is 63.9 Å². The van der Waals surface area contributed by atoms with Gasteiger partial charge in [0.05, 0.1) is 16.1 Å². The quantitative estimate of drug-likeness (QED) is 0.313. The Morgan fingerprint density at radius 1 is 1.02 bits per heavy atom. The van der Waals surface area contributed by atoms with E-state index in [1.807, 2.05) is 12.1 Å². The zero-order valence-electron chi connectivity index (χ0n) is 23.0. The van der Waals surface area contributed by atoms with E-state index in [-0.39, 0.29) is 22.4 Å². The molecule has 1 heterocycles. The third-order valence-electron chi connectivity index (χ3n) is 7.77. The van der Waals surface area contributed by atoms with Crippen molar-refractivity contribution < 1.29 is 22.0 Å². The molecule has 0 bridgehead atoms. The Morgan fingerprint density at radius 3 is 2.35 bits per heavy atom. The SMILES string of the molecule is CC(C)(C)NS(=O)(=O)c1cccc(NC(=O)c2ccc(SNC3CC(=C(F)F)C3)cc2N2CCC3(CC2)CC3)c1. The fourth-order valence-electron chi connectivity index (χ4n) is 5.25. The van der Waals surface area contributed by atoms with E-state index in [1.54, 1.807) is 39.0 Å². The summed E-state index contributed by atoms with van der Waals surface area (Å²) in [5, 5.41) is 2.89. The van der Waals surface area contributed by atoms with Crippen molar-refractivity contribution in [3.8, 4) is 0 Å². The van der Waals surface area contributed by atoms with Crippen molar-refractivity contribution in [3.05, 3.63) is 59.7 Å². The molecule has 2 aromatic carbocycles. The van der Waals surface area contributed by atoms with Gasteiger partial charge in [-0.3, -0.25) is 9.52 Å². The number of carbonyl (C=O) groups excluding carboxylic acids is 1. The smallest absolute Gasteiger partial charge is 0.269 e. The number of carbonyl (C=O) groups is 1. The molecule has 0 unspecified atom stereocenters. The van der Waals surface area contributed by atoms with Crippen molar-refractivity contribution >= 4 is 39.3 Å². The van der Waals surface area contributed by atoms with Crippen LogP contribution in [0.4, 0.5) is 20.2 Å². The molecule has 3 N–H and O–H groups in total. The minimum absolute atomic E-state index is 0.00559. The maximum atomic E-state index is 13.5. The molecule has 11 heteroatoms. The fourth-order valence-corrected chi connectivity index (χ4v) is 7.49. The van der Waals surface area contributed by atoms with Crippen molar-refractivity contribution in [2.45, 2.75) is 80.7 Å². The number of nitrogens with zero attached hydrogens (tertiary/aromatic N) is 1. The van der Waals surface area contributed by atoms with E-state index in [1.165, 1.54) is 36.9 Å². The van der Waals surface area contributed by atoms with Gasteiger partial charge in [-0.15, -0.1) is 0 Å². The molecule has 2 aliphatic carbocycles. The van der Waals surface area contributed by atoms with E-state index >= 15 is 0 Å². The molecule has 0 aromatic heterocycles. The number of rotatable bonds is 8. The van der Waals surface area contributed by atoms with Gasteiger partial charge < -0.3 is 10.2 Å². The van der Waals surface area contributed by atoms with E-state index in [4.69, 9.17) is 0 Å². The van der Waals surface area contributed by atoms with Crippen molar-refractivity contribution in [1.29, 1.82) is 0 Å². The Kier molecular flexibility index (Phi) is 8.04. The first-order valence-corrected chi connectivity index (χ1v) is 15.9. The largest absolute Gasteiger partial charge is 0.371 e. The summed E-state index contributed by atoms with van der Waals surface area (Å²) in [7, 11) is -3.76. The van der Waals surface area contributed by atoms with Crippen LogP contribution in [0, 0.1) is 5.41 Å². The summed E-state index contributed by atoms with van der Waals surface area (Å²) in [4.78, 5) is 16.8. The molecule has 1 spiro atoms. The highest BCUT2D eigenvalue weighted by molar-refractivity contribution is 7.97. The first-order chi connectivity index (χ1) is 18.8. The number of amides is 1. The highest BCUT2D eigenvalue weighted by Crippen LogP contribution is 2.54. The van der Waals surface area contributed by atoms with E-state index in [9.17, 15) is 22.0 Å². The average Bonchev–Trinajstić information content (AvgIpc) is 3.60. The fraction of sp³-hybridized carbons (Fsp3) is 0.483. The molecule has 40 heavy (non-hydrogen) atoms. The number of benzene rings is 2. The maximum Gasteiger partial charge on any atom is 0.269 e. The highest BCUT2D eigenvalue weighted by atomic mass is 32.2. The molecule has 216 valence electrons. The molecule has 3 fully saturated rings. The summed E-state index contributed by atoms with van der Waals surface area (Å²) >= 11 is 1.39. The summed E-state index contributed by atoms with van der Waals surface area (Å²) in [5.41, 5.74) is 1.75. The predicted molar refractivity (Wildman–Crippen MR) is 155 cm³/mol. The van der Waals surface area contributed by atoms with Gasteiger partial charge in [-0.2, -0.15) is 8.78 Å². The number of nitrogens with one attached hydrogen (secondary N) is 3. The second-order valence-corrected chi connectivity index (χ2v) is 14.8. The summed E-state index contributed by atoms with van der Waals surface area (Å²) in [5.74, 6) is -0.322. The lowest BCUT2D eigenvalue weighted by Gasteiger charge is -2.35. The Balaban J connectivity index is 1.34. The molecule has 5 rings (SSSR count). The van der Waals surface area contributed by atoms with Gasteiger partial charge in [0.1, 0.15) is 0 Å². The van der Waals surface area contributed by atoms with Gasteiger partial charge in [-0.1, -0.05) is 6.07 Å². The van der Waals surface area contributed by atoms with E-state index < -0.39 is 21.6 Å². The number of hydrogen-bond donors (Lipinski definition) is 3. The monoisotopic (exact) mass is 590 g/mol. The van der Waals surface area contributed by atoms with Gasteiger partial charge in [-0.25, -0.2) is 13.1 Å². The number of piperidine rings is 1. The molecule has 1 amide bonds. The van der Waals surface area contributed by atoms with Crippen molar-refractivity contribution in [3.63, 3.8) is 0 Å². The van der Waals surface area contributed by atoms with E-state index in [2.05, 4.69) is 19.7 Å². The van der Waals surface area contributed by atoms with Gasteiger partial charge in [-0.05, 0) is 119 Å². The van der Waals surface area contributed by atoms with Crippen LogP contribution in [-0.2, 0) is 10.0 Å². The molecule has 1 saturated heterocycles. The predicted octanol–water partition coefficient (Wildman–Crippen LogP) is 6.31. The summed E-state index contributed by atoms with van der Waals surface area (Å²) in [6, 6.07) is 11.8. The number of sulfonamides is 1. The molecule has 7 nitrogen and oxygen atoms in total. The van der Waals surface area contributed by atoms with Crippen LogP contribution in [-0.4, -0.2) is 39.0 Å².